The molecule has 0 aliphatic heterocycles. The van der Waals surface area contributed by atoms with Crippen molar-refractivity contribution in [1.82, 2.24) is 5.32 Å². The van der Waals surface area contributed by atoms with E-state index in [0.717, 1.165) is 6.42 Å². The van der Waals surface area contributed by atoms with E-state index in [-0.39, 0.29) is 18.2 Å². The molecule has 1 saturated carbocycles. The van der Waals surface area contributed by atoms with Crippen LogP contribution in [0.4, 0.5) is 4.79 Å². The van der Waals surface area contributed by atoms with Crippen LogP contribution < -0.4 is 11.1 Å². The van der Waals surface area contributed by atoms with Crippen molar-refractivity contribution in [1.29, 1.82) is 0 Å². The van der Waals surface area contributed by atoms with Crippen molar-refractivity contribution < 1.29 is 9.53 Å². The number of alkyl carbamates (subject to hydrolysis) is 1. The number of nitrogens with one attached hydrogen (secondary N) is 1. The molecule has 0 aromatic heterocycles. The van der Waals surface area contributed by atoms with Gasteiger partial charge in [0.15, 0.2) is 0 Å². The fourth-order valence-electron chi connectivity index (χ4n) is 1.42. The van der Waals surface area contributed by atoms with Crippen LogP contribution in [0, 0.1) is 5.92 Å². The maximum absolute atomic E-state index is 11.3. The number of hydrogen-bond donors (Lipinski definition) is 2. The van der Waals surface area contributed by atoms with E-state index in [1.165, 1.54) is 0 Å². The number of nitrogens with two attached hydrogens (primary N) is 1. The van der Waals surface area contributed by atoms with Crippen LogP contribution in [0.25, 0.3) is 0 Å². The molecule has 0 saturated heterocycles. The van der Waals surface area contributed by atoms with Gasteiger partial charge in [0.25, 0.3) is 0 Å². The molecule has 1 aliphatic rings. The van der Waals surface area contributed by atoms with Crippen LogP contribution in [0.5, 0.6) is 0 Å². The smallest absolute Gasteiger partial charge is 0.407 e. The van der Waals surface area contributed by atoms with Crippen LogP contribution in [0.15, 0.2) is 0 Å². The molecule has 0 radical (unpaired) electrons. The van der Waals surface area contributed by atoms with Crippen LogP contribution in [-0.4, -0.2) is 23.8 Å². The van der Waals surface area contributed by atoms with E-state index < -0.39 is 5.60 Å². The van der Waals surface area contributed by atoms with E-state index in [1.807, 2.05) is 27.7 Å². The van der Waals surface area contributed by atoms with Gasteiger partial charge in [-0.1, -0.05) is 0 Å². The summed E-state index contributed by atoms with van der Waals surface area (Å²) in [6.45, 7) is 7.51. The maximum atomic E-state index is 11.3. The van der Waals surface area contributed by atoms with Crippen LogP contribution >= 0.6 is 0 Å². The van der Waals surface area contributed by atoms with Crippen LogP contribution in [0.3, 0.4) is 0 Å². The van der Waals surface area contributed by atoms with Gasteiger partial charge >= 0.3 is 6.09 Å². The molecule has 3 N–H and O–H groups in total. The Hall–Kier alpha value is -0.770. The number of carbonyl (C=O) groups excluding carboxylic acids is 1. The number of rotatable bonds is 2. The average molecular weight is 200 g/mol. The Morgan fingerprint density at radius 3 is 2.50 bits per heavy atom. The van der Waals surface area contributed by atoms with Gasteiger partial charge in [0.1, 0.15) is 5.60 Å². The van der Waals surface area contributed by atoms with Crippen molar-refractivity contribution in [2.24, 2.45) is 11.7 Å². The molecule has 0 spiro atoms. The molecule has 1 amide bonds. The van der Waals surface area contributed by atoms with Crippen molar-refractivity contribution >= 4 is 6.09 Å². The van der Waals surface area contributed by atoms with Crippen LogP contribution in [0.2, 0.25) is 0 Å². The van der Waals surface area contributed by atoms with Crippen molar-refractivity contribution in [2.75, 3.05) is 0 Å². The molecule has 4 nitrogen and oxygen atoms in total. The molecule has 0 aromatic rings. The summed E-state index contributed by atoms with van der Waals surface area (Å²) in [5.74, 6) is 0.419. The zero-order valence-corrected chi connectivity index (χ0v) is 9.33. The lowest BCUT2D eigenvalue weighted by atomic mass is 10.2. The first-order chi connectivity index (χ1) is 6.29. The molecular weight excluding hydrogens is 180 g/mol. The van der Waals surface area contributed by atoms with Gasteiger partial charge in [-0.25, -0.2) is 4.79 Å². The Morgan fingerprint density at radius 1 is 1.57 bits per heavy atom. The summed E-state index contributed by atoms with van der Waals surface area (Å²) in [5, 5.41) is 2.80. The van der Waals surface area contributed by atoms with Crippen molar-refractivity contribution in [3.05, 3.63) is 0 Å². The molecule has 1 rings (SSSR count). The van der Waals surface area contributed by atoms with E-state index in [1.54, 1.807) is 0 Å². The van der Waals surface area contributed by atoms with E-state index in [2.05, 4.69) is 5.32 Å². The molecule has 0 aromatic carbocycles. The predicted molar refractivity (Wildman–Crippen MR) is 54.9 cm³/mol. The summed E-state index contributed by atoms with van der Waals surface area (Å²) < 4.78 is 5.13. The average Bonchev–Trinajstić information content (AvgIpc) is 2.61. The first-order valence-electron chi connectivity index (χ1n) is 5.04. The lowest BCUT2D eigenvalue weighted by molar-refractivity contribution is 0.0520. The monoisotopic (exact) mass is 200 g/mol. The van der Waals surface area contributed by atoms with E-state index in [0.29, 0.717) is 5.92 Å². The highest BCUT2D eigenvalue weighted by atomic mass is 16.6. The first-order valence-corrected chi connectivity index (χ1v) is 5.04. The fraction of sp³-hybridized carbons (Fsp3) is 0.900. The lowest BCUT2D eigenvalue weighted by Gasteiger charge is -2.19. The van der Waals surface area contributed by atoms with E-state index >= 15 is 0 Å². The first kappa shape index (κ1) is 11.3. The highest BCUT2D eigenvalue weighted by molar-refractivity contribution is 5.68. The minimum Gasteiger partial charge on any atom is -0.444 e. The van der Waals surface area contributed by atoms with Gasteiger partial charge in [0.2, 0.25) is 0 Å². The Labute approximate surface area is 85.2 Å². The second-order valence-electron chi connectivity index (χ2n) is 5.01. The minimum absolute atomic E-state index is 0.148. The Bertz CT molecular complexity index is 221. The normalized spacial score (nSPS) is 28.1. The van der Waals surface area contributed by atoms with Gasteiger partial charge in [-0.05, 0) is 40.0 Å². The standard InChI is InChI=1S/C10H20N2O2/c1-6(11)7-5-8(7)12-9(13)14-10(2,3)4/h6-8H,5,11H2,1-4H3,(H,12,13). The SMILES string of the molecule is CC(N)C1CC1NC(=O)OC(C)(C)C. The zero-order chi connectivity index (χ0) is 10.9. The topological polar surface area (TPSA) is 64.3 Å². The van der Waals surface area contributed by atoms with Crippen molar-refractivity contribution in [3.63, 3.8) is 0 Å². The predicted octanol–water partition coefficient (Wildman–Crippen LogP) is 1.25. The van der Waals surface area contributed by atoms with Crippen LogP contribution in [-0.2, 0) is 4.74 Å². The summed E-state index contributed by atoms with van der Waals surface area (Å²) in [6.07, 6.45) is 0.627. The molecule has 1 aliphatic carbocycles. The second-order valence-corrected chi connectivity index (χ2v) is 5.01. The van der Waals surface area contributed by atoms with Gasteiger partial charge < -0.3 is 15.8 Å². The molecule has 82 valence electrons. The third-order valence-electron chi connectivity index (χ3n) is 2.22. The second kappa shape index (κ2) is 3.77. The van der Waals surface area contributed by atoms with Crippen molar-refractivity contribution in [2.45, 2.75) is 51.8 Å². The number of ether oxygens (including phenoxy) is 1. The van der Waals surface area contributed by atoms with Crippen LogP contribution in [0.1, 0.15) is 34.1 Å². The van der Waals surface area contributed by atoms with Gasteiger partial charge in [-0.3, -0.25) is 0 Å². The van der Waals surface area contributed by atoms with E-state index in [4.69, 9.17) is 10.5 Å². The van der Waals surface area contributed by atoms with Gasteiger partial charge in [0, 0.05) is 12.1 Å². The highest BCUT2D eigenvalue weighted by Crippen LogP contribution is 2.32. The largest absolute Gasteiger partial charge is 0.444 e. The quantitative estimate of drug-likeness (QED) is 0.705. The molecule has 0 bridgehead atoms. The summed E-state index contributed by atoms with van der Waals surface area (Å²) in [6, 6.07) is 0.361. The maximum Gasteiger partial charge on any atom is 0.407 e. The molecular formula is C10H20N2O2. The summed E-state index contributed by atoms with van der Waals surface area (Å²) in [7, 11) is 0. The molecule has 3 unspecified atom stereocenters. The fourth-order valence-corrected chi connectivity index (χ4v) is 1.42. The number of carbonyl (C=O) groups is 1. The third-order valence-corrected chi connectivity index (χ3v) is 2.22. The van der Waals surface area contributed by atoms with Gasteiger partial charge in [-0.2, -0.15) is 0 Å². The van der Waals surface area contributed by atoms with Gasteiger partial charge in [0.05, 0.1) is 0 Å². The summed E-state index contributed by atoms with van der Waals surface area (Å²) in [4.78, 5) is 11.3. The van der Waals surface area contributed by atoms with E-state index in [9.17, 15) is 4.79 Å². The Kier molecular flexibility index (Phi) is 3.04. The number of amides is 1. The lowest BCUT2D eigenvalue weighted by Crippen LogP contribution is -2.35. The third kappa shape index (κ3) is 3.54. The number of hydrogen-bond acceptors (Lipinski definition) is 3. The molecule has 1 fully saturated rings. The molecule has 3 atom stereocenters. The van der Waals surface area contributed by atoms with Crippen molar-refractivity contribution in [3.8, 4) is 0 Å². The summed E-state index contributed by atoms with van der Waals surface area (Å²) >= 11 is 0. The Morgan fingerprint density at radius 2 is 2.14 bits per heavy atom. The highest BCUT2D eigenvalue weighted by Gasteiger charge is 2.41. The minimum atomic E-state index is -0.428. The molecule has 0 heterocycles. The molecule has 4 heteroatoms. The Balaban J connectivity index is 2.24. The van der Waals surface area contributed by atoms with Gasteiger partial charge in [-0.15, -0.1) is 0 Å². The molecule has 14 heavy (non-hydrogen) atoms. The zero-order valence-electron chi connectivity index (χ0n) is 9.33. The summed E-state index contributed by atoms with van der Waals surface area (Å²) in [5.41, 5.74) is 5.27.